The third-order valence-electron chi connectivity index (χ3n) is 4.51. The van der Waals surface area contributed by atoms with Crippen molar-refractivity contribution >= 4 is 47.1 Å². The Morgan fingerprint density at radius 2 is 2.04 bits per heavy atom. The Morgan fingerprint density at radius 1 is 1.22 bits per heavy atom. The lowest BCUT2D eigenvalue weighted by Crippen LogP contribution is -2.00. The summed E-state index contributed by atoms with van der Waals surface area (Å²) in [6, 6.07) is 16.0. The number of thiazole rings is 1. The van der Waals surface area contributed by atoms with Crippen LogP contribution in [0.15, 0.2) is 53.5 Å². The first-order chi connectivity index (χ1) is 13.2. The summed E-state index contributed by atoms with van der Waals surface area (Å²) in [5.41, 5.74) is 4.06. The molecule has 0 fully saturated rings. The Morgan fingerprint density at radius 3 is 2.81 bits per heavy atom. The molecule has 2 heterocycles. The van der Waals surface area contributed by atoms with Crippen LogP contribution in [0.5, 0.6) is 11.6 Å². The topological polar surface area (TPSA) is 46.8 Å². The maximum Gasteiger partial charge on any atom is 0.210 e. The lowest BCUT2D eigenvalue weighted by Gasteiger charge is -2.05. The summed E-state index contributed by atoms with van der Waals surface area (Å²) in [6.07, 6.45) is 4.57. The third kappa shape index (κ3) is 3.59. The Bertz CT molecular complexity index is 1100. The minimum atomic E-state index is 0.212. The molecular formula is C21H18N2O2S2. The molecule has 0 radical (unpaired) electrons. The molecule has 1 N–H and O–H groups in total. The number of rotatable bonds is 5. The molecule has 4 nitrogen and oxygen atoms in total. The molecular weight excluding hydrogens is 376 g/mol. The lowest BCUT2D eigenvalue weighted by molar-refractivity contribution is 0.414. The molecule has 27 heavy (non-hydrogen) atoms. The minimum Gasteiger partial charge on any atom is -0.497 e. The van der Waals surface area contributed by atoms with E-state index in [4.69, 9.17) is 17.0 Å². The van der Waals surface area contributed by atoms with Crippen LogP contribution in [0.4, 0.5) is 5.69 Å². The van der Waals surface area contributed by atoms with Gasteiger partial charge in [-0.05, 0) is 42.4 Å². The molecule has 1 aliphatic heterocycles. The summed E-state index contributed by atoms with van der Waals surface area (Å²) in [5.74, 6) is 0.988. The number of fused-ring (bicyclic) bond motifs is 1. The fourth-order valence-electron chi connectivity index (χ4n) is 3.05. The number of benzene rings is 2. The summed E-state index contributed by atoms with van der Waals surface area (Å²) < 4.78 is 7.71. The zero-order valence-corrected chi connectivity index (χ0v) is 16.4. The monoisotopic (exact) mass is 394 g/mol. The third-order valence-corrected chi connectivity index (χ3v) is 5.89. The van der Waals surface area contributed by atoms with E-state index < -0.39 is 0 Å². The van der Waals surface area contributed by atoms with E-state index >= 15 is 0 Å². The summed E-state index contributed by atoms with van der Waals surface area (Å²) in [7, 11) is 1.64. The molecule has 3 aromatic rings. The first-order valence-corrected chi connectivity index (χ1v) is 9.79. The van der Waals surface area contributed by atoms with E-state index in [9.17, 15) is 5.11 Å². The van der Waals surface area contributed by atoms with Gasteiger partial charge < -0.3 is 9.84 Å². The molecule has 0 atom stereocenters. The molecule has 0 unspecified atom stereocenters. The standard InChI is InChI=1S/C21H18N2O2S2/c1-25-16-7-8-17-15(13-22-18(17)12-16)11-19-20(24)23(21(26)27-19)10-9-14-5-3-2-4-6-14/h2-8,11-13,24H,9-10H2,1H3. The van der Waals surface area contributed by atoms with E-state index in [0.29, 0.717) is 10.5 Å². The van der Waals surface area contributed by atoms with Crippen LogP contribution < -0.4 is 4.74 Å². The quantitative estimate of drug-likeness (QED) is 0.582. The van der Waals surface area contributed by atoms with E-state index in [-0.39, 0.29) is 5.88 Å². The molecule has 1 aromatic heterocycles. The molecule has 0 saturated heterocycles. The van der Waals surface area contributed by atoms with Gasteiger partial charge in [-0.1, -0.05) is 30.3 Å². The van der Waals surface area contributed by atoms with Crippen molar-refractivity contribution in [3.8, 4) is 11.6 Å². The fourth-order valence-corrected chi connectivity index (χ4v) is 4.36. The smallest absolute Gasteiger partial charge is 0.210 e. The predicted molar refractivity (Wildman–Crippen MR) is 114 cm³/mol. The number of allylic oxidation sites excluding steroid dienone is 1. The molecule has 6 heteroatoms. The van der Waals surface area contributed by atoms with Crippen molar-refractivity contribution in [2.24, 2.45) is 4.99 Å². The Balaban J connectivity index is 1.61. The van der Waals surface area contributed by atoms with Crippen molar-refractivity contribution in [1.29, 1.82) is 0 Å². The molecule has 0 bridgehead atoms. The Kier molecular flexibility index (Phi) is 4.92. The highest BCUT2D eigenvalue weighted by Gasteiger charge is 2.16. The van der Waals surface area contributed by atoms with Gasteiger partial charge >= 0.3 is 0 Å². The van der Waals surface area contributed by atoms with Gasteiger partial charge in [0.2, 0.25) is 5.88 Å². The predicted octanol–water partition coefficient (Wildman–Crippen LogP) is 5.49. The number of nitrogens with zero attached hydrogens (tertiary/aromatic N) is 2. The van der Waals surface area contributed by atoms with Crippen molar-refractivity contribution in [3.05, 3.63) is 68.5 Å². The van der Waals surface area contributed by atoms with Gasteiger partial charge in [0.15, 0.2) is 3.95 Å². The second-order valence-electron chi connectivity index (χ2n) is 6.18. The van der Waals surface area contributed by atoms with Crippen LogP contribution in [0.1, 0.15) is 16.0 Å². The highest BCUT2D eigenvalue weighted by Crippen LogP contribution is 2.37. The highest BCUT2D eigenvalue weighted by molar-refractivity contribution is 7.73. The first-order valence-electron chi connectivity index (χ1n) is 8.56. The Labute approximate surface area is 166 Å². The van der Waals surface area contributed by atoms with Gasteiger partial charge in [-0.2, -0.15) is 0 Å². The summed E-state index contributed by atoms with van der Waals surface area (Å²) in [4.78, 5) is 5.19. The Hall–Kier alpha value is -2.70. The van der Waals surface area contributed by atoms with Crippen molar-refractivity contribution in [3.63, 3.8) is 0 Å². The van der Waals surface area contributed by atoms with Crippen molar-refractivity contribution < 1.29 is 9.84 Å². The number of hydrogen-bond donors (Lipinski definition) is 1. The minimum absolute atomic E-state index is 0.212. The van der Waals surface area contributed by atoms with E-state index in [1.54, 1.807) is 17.9 Å². The molecule has 0 saturated carbocycles. The summed E-state index contributed by atoms with van der Waals surface area (Å²) in [6.45, 7) is 0.649. The average molecular weight is 395 g/mol. The van der Waals surface area contributed by atoms with Crippen LogP contribution in [0, 0.1) is 3.95 Å². The first kappa shape index (κ1) is 17.7. The van der Waals surface area contributed by atoms with Crippen molar-refractivity contribution in [2.75, 3.05) is 7.11 Å². The number of methoxy groups -OCH3 is 1. The maximum atomic E-state index is 10.7. The summed E-state index contributed by atoms with van der Waals surface area (Å²) >= 11 is 6.88. The second-order valence-corrected chi connectivity index (χ2v) is 7.86. The fraction of sp³-hybridized carbons (Fsp3) is 0.143. The number of ether oxygens (including phenoxy) is 1. The van der Waals surface area contributed by atoms with Crippen molar-refractivity contribution in [2.45, 2.75) is 13.0 Å². The van der Waals surface area contributed by atoms with Gasteiger partial charge in [0.25, 0.3) is 0 Å². The SMILES string of the molecule is COc1ccc2c(c1)N=CC2=Cc1sc(=S)n(CCc2ccccc2)c1O. The molecule has 0 amide bonds. The molecule has 4 rings (SSSR count). The summed E-state index contributed by atoms with van der Waals surface area (Å²) in [5, 5.41) is 10.7. The molecule has 136 valence electrons. The zero-order valence-electron chi connectivity index (χ0n) is 14.8. The van der Waals surface area contributed by atoms with Crippen LogP contribution in [-0.4, -0.2) is 23.0 Å². The normalized spacial score (nSPS) is 13.9. The number of aromatic hydroxyl groups is 1. The maximum absolute atomic E-state index is 10.7. The highest BCUT2D eigenvalue weighted by atomic mass is 32.1. The van der Waals surface area contributed by atoms with E-state index in [2.05, 4.69) is 17.1 Å². The molecule has 1 aliphatic rings. The van der Waals surface area contributed by atoms with Crippen LogP contribution >= 0.6 is 23.6 Å². The van der Waals surface area contributed by atoms with Gasteiger partial charge in [0.1, 0.15) is 5.75 Å². The van der Waals surface area contributed by atoms with Crippen LogP contribution in [0.2, 0.25) is 0 Å². The van der Waals surface area contributed by atoms with E-state index in [0.717, 1.165) is 33.9 Å². The number of hydrogen-bond acceptors (Lipinski definition) is 5. The largest absolute Gasteiger partial charge is 0.497 e. The van der Waals surface area contributed by atoms with Crippen LogP contribution in [0.25, 0.3) is 11.6 Å². The van der Waals surface area contributed by atoms with Crippen LogP contribution in [-0.2, 0) is 13.0 Å². The number of aromatic nitrogens is 1. The zero-order chi connectivity index (χ0) is 18.8. The number of aryl methyl sites for hydroxylation is 1. The van der Waals surface area contributed by atoms with Crippen molar-refractivity contribution in [1.82, 2.24) is 4.57 Å². The van der Waals surface area contributed by atoms with Gasteiger partial charge in [0.05, 0.1) is 17.7 Å². The van der Waals surface area contributed by atoms with Gasteiger partial charge in [-0.25, -0.2) is 0 Å². The number of aliphatic imine (C=N–C) groups is 1. The van der Waals surface area contributed by atoms with E-state index in [1.807, 2.05) is 42.5 Å². The average Bonchev–Trinajstić information content (AvgIpc) is 3.21. The van der Waals surface area contributed by atoms with Gasteiger partial charge in [0, 0.05) is 30.0 Å². The molecule has 2 aromatic carbocycles. The molecule has 0 aliphatic carbocycles. The second kappa shape index (κ2) is 7.50. The van der Waals surface area contributed by atoms with Crippen LogP contribution in [0.3, 0.4) is 0 Å². The molecule has 0 spiro atoms. The van der Waals surface area contributed by atoms with E-state index in [1.165, 1.54) is 16.9 Å². The van der Waals surface area contributed by atoms with Gasteiger partial charge in [-0.3, -0.25) is 9.56 Å². The van der Waals surface area contributed by atoms with Gasteiger partial charge in [-0.15, -0.1) is 11.3 Å². The lowest BCUT2D eigenvalue weighted by atomic mass is 10.1.